The topological polar surface area (TPSA) is 175 Å². The van der Waals surface area contributed by atoms with Gasteiger partial charge in [-0.15, -0.1) is 0 Å². The van der Waals surface area contributed by atoms with Crippen molar-refractivity contribution in [1.82, 2.24) is 40.4 Å². The van der Waals surface area contributed by atoms with Crippen molar-refractivity contribution in [2.75, 3.05) is 27.3 Å². The summed E-state index contributed by atoms with van der Waals surface area (Å²) in [6, 6.07) is 19.4. The summed E-state index contributed by atoms with van der Waals surface area (Å²) < 4.78 is 9.43. The number of likely N-dealkylation sites (tertiary alicyclic amines) is 2. The molecule has 56 heavy (non-hydrogen) atoms. The lowest BCUT2D eigenvalue weighted by Gasteiger charge is -2.27. The molecule has 4 N–H and O–H groups in total. The van der Waals surface area contributed by atoms with Gasteiger partial charge in [-0.1, -0.05) is 62.4 Å². The van der Waals surface area contributed by atoms with E-state index in [9.17, 15) is 19.2 Å². The van der Waals surface area contributed by atoms with Crippen LogP contribution in [0.5, 0.6) is 0 Å². The zero-order valence-electron chi connectivity index (χ0n) is 32.1. The number of aromatic amines is 2. The smallest absolute Gasteiger partial charge is 0.407 e. The van der Waals surface area contributed by atoms with Crippen molar-refractivity contribution in [3.63, 3.8) is 0 Å². The second kappa shape index (κ2) is 16.7. The highest BCUT2D eigenvalue weighted by Gasteiger charge is 2.37. The molecule has 2 aromatic heterocycles. The first kappa shape index (κ1) is 38.1. The van der Waals surface area contributed by atoms with E-state index >= 15 is 0 Å². The number of methoxy groups -OCH3 is 2. The van der Waals surface area contributed by atoms with Gasteiger partial charge in [0.2, 0.25) is 11.8 Å². The fraction of sp³-hybridized carbons (Fsp3) is 0.381. The SMILES string of the molecule is CC[C@H](NC(=O)OC)C(=O)N1CCCC1c1ncc(-c2ccc3cc(-c4ccc(-c5cnc([C@@H]6CCCN6C(=O)[C@H](CC)NC(=O)OC)[nH]5)cc4)ccc3c2)[nH]1. The number of hydrogen-bond acceptors (Lipinski definition) is 8. The minimum atomic E-state index is -0.655. The van der Waals surface area contributed by atoms with Crippen molar-refractivity contribution in [3.8, 4) is 33.6 Å². The van der Waals surface area contributed by atoms with E-state index in [0.717, 1.165) is 81.7 Å². The zero-order chi connectivity index (χ0) is 39.3. The van der Waals surface area contributed by atoms with Gasteiger partial charge in [0.1, 0.15) is 23.7 Å². The molecule has 0 spiro atoms. The number of carbonyl (C=O) groups excluding carboxylic acids is 4. The van der Waals surface area contributed by atoms with Gasteiger partial charge in [0.25, 0.3) is 0 Å². The first-order valence-corrected chi connectivity index (χ1v) is 19.3. The van der Waals surface area contributed by atoms with Gasteiger partial charge in [0.05, 0.1) is 50.1 Å². The molecule has 14 nitrogen and oxygen atoms in total. The monoisotopic (exact) mass is 760 g/mol. The van der Waals surface area contributed by atoms with Crippen molar-refractivity contribution in [2.45, 2.75) is 76.5 Å². The van der Waals surface area contributed by atoms with Gasteiger partial charge < -0.3 is 39.9 Å². The lowest BCUT2D eigenvalue weighted by molar-refractivity contribution is -0.135. The Kier molecular flexibility index (Phi) is 11.3. The van der Waals surface area contributed by atoms with Crippen LogP contribution in [-0.2, 0) is 19.1 Å². The molecule has 4 atom stereocenters. The lowest BCUT2D eigenvalue weighted by Crippen LogP contribution is -2.48. The molecule has 14 heteroatoms. The number of nitrogens with zero attached hydrogens (tertiary/aromatic N) is 4. The maximum Gasteiger partial charge on any atom is 0.407 e. The third-order valence-electron chi connectivity index (χ3n) is 10.9. The number of rotatable bonds is 11. The van der Waals surface area contributed by atoms with Gasteiger partial charge >= 0.3 is 12.2 Å². The molecule has 0 radical (unpaired) electrons. The summed E-state index contributed by atoms with van der Waals surface area (Å²) in [7, 11) is 2.57. The average molecular weight is 761 g/mol. The van der Waals surface area contributed by atoms with Crippen molar-refractivity contribution in [3.05, 3.63) is 84.7 Å². The third kappa shape index (κ3) is 7.81. The molecule has 0 bridgehead atoms. The van der Waals surface area contributed by atoms with E-state index < -0.39 is 24.3 Å². The van der Waals surface area contributed by atoms with Crippen LogP contribution in [0.15, 0.2) is 73.1 Å². The van der Waals surface area contributed by atoms with E-state index in [1.165, 1.54) is 14.2 Å². The molecule has 2 saturated heterocycles. The number of hydrogen-bond donors (Lipinski definition) is 4. The second-order valence-corrected chi connectivity index (χ2v) is 14.3. The van der Waals surface area contributed by atoms with Gasteiger partial charge in [0, 0.05) is 18.7 Å². The Bertz CT molecular complexity index is 2210. The molecule has 1 unspecified atom stereocenters. The van der Waals surface area contributed by atoms with Crippen LogP contribution in [-0.4, -0.2) is 93.1 Å². The van der Waals surface area contributed by atoms with E-state index in [1.807, 2.05) is 26.2 Å². The number of ether oxygens (including phenoxy) is 2. The van der Waals surface area contributed by atoms with Gasteiger partial charge in [-0.3, -0.25) is 9.59 Å². The Morgan fingerprint density at radius 2 is 1.09 bits per heavy atom. The fourth-order valence-electron chi connectivity index (χ4n) is 7.85. The van der Waals surface area contributed by atoms with E-state index in [2.05, 4.69) is 91.2 Å². The van der Waals surface area contributed by atoms with E-state index in [1.54, 1.807) is 9.80 Å². The number of H-pyrrole nitrogens is 2. The molecule has 0 saturated carbocycles. The van der Waals surface area contributed by atoms with Crippen LogP contribution >= 0.6 is 0 Å². The summed E-state index contributed by atoms with van der Waals surface area (Å²) in [5.41, 5.74) is 5.89. The van der Waals surface area contributed by atoms with E-state index in [0.29, 0.717) is 25.9 Å². The molecule has 5 aromatic rings. The number of imidazole rings is 2. The van der Waals surface area contributed by atoms with Gasteiger partial charge in [-0.25, -0.2) is 19.6 Å². The standard InChI is InChI=1S/C42H48N8O6/c1-5-31(47-41(53)55-3)39(51)49-19-7-9-35(49)37-43-23-33(45-37)26-13-11-25(12-14-26)27-15-16-29-22-30(18-17-28(29)21-27)34-24-44-38(46-34)36-10-8-20-50(36)40(52)32(6-2)48-42(54)56-4/h11-18,21-24,31-32,35-36H,5-10,19-20H2,1-4H3,(H,43,45)(H,44,46)(H,47,53)(H,48,54)/t31-,32-,35-,36?/m0/s1. The van der Waals surface area contributed by atoms with Crippen molar-refractivity contribution < 1.29 is 28.7 Å². The molecule has 7 rings (SSSR count). The van der Waals surface area contributed by atoms with Gasteiger partial charge in [-0.2, -0.15) is 0 Å². The number of fused-ring (bicyclic) bond motifs is 1. The van der Waals surface area contributed by atoms with Crippen LogP contribution in [0.25, 0.3) is 44.4 Å². The minimum absolute atomic E-state index is 0.135. The molecular formula is C42H48N8O6. The maximum absolute atomic E-state index is 13.4. The Labute approximate surface area is 325 Å². The van der Waals surface area contributed by atoms with Crippen LogP contribution in [0.4, 0.5) is 9.59 Å². The molecule has 4 heterocycles. The Morgan fingerprint density at radius 3 is 1.57 bits per heavy atom. The fourth-order valence-corrected chi connectivity index (χ4v) is 7.85. The number of aromatic nitrogens is 4. The highest BCUT2D eigenvalue weighted by atomic mass is 16.5. The Morgan fingerprint density at radius 1 is 0.661 bits per heavy atom. The zero-order valence-corrected chi connectivity index (χ0v) is 32.1. The van der Waals surface area contributed by atoms with Gasteiger partial charge in [0.15, 0.2) is 0 Å². The van der Waals surface area contributed by atoms with Crippen molar-refractivity contribution in [1.29, 1.82) is 0 Å². The number of alkyl carbamates (subject to hydrolysis) is 2. The first-order valence-electron chi connectivity index (χ1n) is 19.3. The van der Waals surface area contributed by atoms with Gasteiger partial charge in [-0.05, 0) is 78.1 Å². The largest absolute Gasteiger partial charge is 0.453 e. The van der Waals surface area contributed by atoms with Crippen molar-refractivity contribution >= 4 is 34.8 Å². The van der Waals surface area contributed by atoms with Crippen molar-refractivity contribution in [2.24, 2.45) is 0 Å². The lowest BCUT2D eigenvalue weighted by atomic mass is 9.98. The summed E-state index contributed by atoms with van der Waals surface area (Å²) in [5, 5.41) is 7.49. The Hall–Kier alpha value is -6.18. The summed E-state index contributed by atoms with van der Waals surface area (Å²) in [5.74, 6) is 1.19. The third-order valence-corrected chi connectivity index (χ3v) is 10.9. The maximum atomic E-state index is 13.4. The summed E-state index contributed by atoms with van der Waals surface area (Å²) in [4.78, 5) is 70.2. The molecule has 2 aliphatic heterocycles. The predicted molar refractivity (Wildman–Crippen MR) is 211 cm³/mol. The summed E-state index contributed by atoms with van der Waals surface area (Å²) >= 11 is 0. The number of nitrogens with one attached hydrogen (secondary N) is 4. The van der Waals surface area contributed by atoms with Crippen LogP contribution in [0.1, 0.15) is 76.1 Å². The first-order chi connectivity index (χ1) is 27.2. The predicted octanol–water partition coefficient (Wildman–Crippen LogP) is 6.88. The number of benzene rings is 3. The molecule has 2 fully saturated rings. The molecule has 0 aliphatic carbocycles. The normalized spacial score (nSPS) is 17.8. The second-order valence-electron chi connectivity index (χ2n) is 14.3. The number of carbonyl (C=O) groups is 4. The summed E-state index contributed by atoms with van der Waals surface area (Å²) in [6.45, 7) is 4.93. The molecule has 2 aliphatic rings. The molecular weight excluding hydrogens is 713 g/mol. The molecule has 4 amide bonds. The molecule has 292 valence electrons. The molecule has 3 aromatic carbocycles. The summed E-state index contributed by atoms with van der Waals surface area (Å²) in [6.07, 6.45) is 6.60. The average Bonchev–Trinajstić information content (AvgIpc) is 4.08. The number of amides is 4. The Balaban J connectivity index is 1.02. The van der Waals surface area contributed by atoms with E-state index in [4.69, 9.17) is 9.47 Å². The quantitative estimate of drug-likeness (QED) is 0.113. The van der Waals surface area contributed by atoms with Crippen LogP contribution < -0.4 is 10.6 Å². The van der Waals surface area contributed by atoms with Crippen LogP contribution in [0, 0.1) is 0 Å². The van der Waals surface area contributed by atoms with Crippen LogP contribution in [0.3, 0.4) is 0 Å². The highest BCUT2D eigenvalue weighted by molar-refractivity contribution is 5.91. The van der Waals surface area contributed by atoms with E-state index in [-0.39, 0.29) is 23.9 Å². The minimum Gasteiger partial charge on any atom is -0.453 e. The van der Waals surface area contributed by atoms with Crippen LogP contribution in [0.2, 0.25) is 0 Å². The highest BCUT2D eigenvalue weighted by Crippen LogP contribution is 2.35.